The summed E-state index contributed by atoms with van der Waals surface area (Å²) in [5, 5.41) is 6.84. The van der Waals surface area contributed by atoms with Crippen molar-refractivity contribution in [2.24, 2.45) is 5.92 Å². The summed E-state index contributed by atoms with van der Waals surface area (Å²) in [5.41, 5.74) is 1.19. The molecule has 1 N–H and O–H groups in total. The van der Waals surface area contributed by atoms with E-state index in [2.05, 4.69) is 41.4 Å². The van der Waals surface area contributed by atoms with Crippen LogP contribution in [0.1, 0.15) is 31.0 Å². The number of likely N-dealkylation sites (tertiary alicyclic amines) is 1. The lowest BCUT2D eigenvalue weighted by Gasteiger charge is -2.20. The molecule has 1 aromatic heterocycles. The van der Waals surface area contributed by atoms with Crippen LogP contribution in [0.3, 0.4) is 0 Å². The zero-order valence-electron chi connectivity index (χ0n) is 11.1. The van der Waals surface area contributed by atoms with E-state index in [-0.39, 0.29) is 0 Å². The lowest BCUT2D eigenvalue weighted by atomic mass is 10.1. The maximum Gasteiger partial charge on any atom is 0.0897 e. The SMILES string of the molecule is Cc1nc(CNCC2CCN(C(C)C)C2)cs1. The Morgan fingerprint density at radius 1 is 1.59 bits per heavy atom. The Hall–Kier alpha value is -0.450. The van der Waals surface area contributed by atoms with E-state index in [1.165, 1.54) is 25.2 Å². The Bertz CT molecular complexity index is 348. The predicted octanol–water partition coefficient (Wildman–Crippen LogP) is 2.27. The summed E-state index contributed by atoms with van der Waals surface area (Å²) in [7, 11) is 0. The number of nitrogens with one attached hydrogen (secondary N) is 1. The largest absolute Gasteiger partial charge is 0.311 e. The number of hydrogen-bond acceptors (Lipinski definition) is 4. The van der Waals surface area contributed by atoms with Crippen LogP contribution in [0, 0.1) is 12.8 Å². The molecule has 1 unspecified atom stereocenters. The van der Waals surface area contributed by atoms with E-state index in [0.717, 1.165) is 24.0 Å². The molecule has 0 saturated carbocycles. The van der Waals surface area contributed by atoms with Gasteiger partial charge >= 0.3 is 0 Å². The van der Waals surface area contributed by atoms with Crippen LogP contribution in [0.25, 0.3) is 0 Å². The number of aryl methyl sites for hydroxylation is 1. The Labute approximate surface area is 108 Å². The second-order valence-corrected chi connectivity index (χ2v) is 6.29. The highest BCUT2D eigenvalue weighted by Gasteiger charge is 2.23. The molecule has 0 aliphatic carbocycles. The molecule has 0 radical (unpaired) electrons. The van der Waals surface area contributed by atoms with Gasteiger partial charge in [-0.05, 0) is 46.2 Å². The molecule has 2 heterocycles. The monoisotopic (exact) mass is 253 g/mol. The van der Waals surface area contributed by atoms with Crippen LogP contribution in [0.4, 0.5) is 0 Å². The van der Waals surface area contributed by atoms with E-state index in [4.69, 9.17) is 0 Å². The van der Waals surface area contributed by atoms with Gasteiger partial charge in [0.2, 0.25) is 0 Å². The Morgan fingerprint density at radius 3 is 3.00 bits per heavy atom. The van der Waals surface area contributed by atoms with Crippen LogP contribution in [-0.2, 0) is 6.54 Å². The molecular formula is C13H23N3S. The van der Waals surface area contributed by atoms with E-state index >= 15 is 0 Å². The van der Waals surface area contributed by atoms with Gasteiger partial charge in [0.15, 0.2) is 0 Å². The van der Waals surface area contributed by atoms with E-state index in [0.29, 0.717) is 6.04 Å². The minimum atomic E-state index is 0.696. The van der Waals surface area contributed by atoms with Crippen LogP contribution in [0.15, 0.2) is 5.38 Å². The maximum atomic E-state index is 4.46. The third-order valence-electron chi connectivity index (χ3n) is 3.45. The van der Waals surface area contributed by atoms with Gasteiger partial charge in [-0.3, -0.25) is 0 Å². The molecule has 1 saturated heterocycles. The lowest BCUT2D eigenvalue weighted by Crippen LogP contribution is -2.30. The third kappa shape index (κ3) is 3.76. The van der Waals surface area contributed by atoms with Crippen molar-refractivity contribution in [1.82, 2.24) is 15.2 Å². The molecule has 1 aromatic rings. The van der Waals surface area contributed by atoms with Crippen molar-refractivity contribution >= 4 is 11.3 Å². The average Bonchev–Trinajstić information content (AvgIpc) is 2.88. The number of nitrogens with zero attached hydrogens (tertiary/aromatic N) is 2. The Balaban J connectivity index is 1.66. The molecule has 0 amide bonds. The van der Waals surface area contributed by atoms with Crippen LogP contribution in [0.2, 0.25) is 0 Å². The van der Waals surface area contributed by atoms with E-state index in [1.54, 1.807) is 11.3 Å². The first-order chi connectivity index (χ1) is 8.15. The van der Waals surface area contributed by atoms with Gasteiger partial charge in [-0.1, -0.05) is 0 Å². The van der Waals surface area contributed by atoms with Gasteiger partial charge in [-0.15, -0.1) is 11.3 Å². The molecule has 1 atom stereocenters. The standard InChI is InChI=1S/C13H23N3S/c1-10(2)16-5-4-12(8-16)6-14-7-13-9-17-11(3)15-13/h9-10,12,14H,4-8H2,1-3H3. The third-order valence-corrected chi connectivity index (χ3v) is 4.28. The second kappa shape index (κ2) is 5.94. The molecule has 0 bridgehead atoms. The minimum Gasteiger partial charge on any atom is -0.311 e. The summed E-state index contributed by atoms with van der Waals surface area (Å²) < 4.78 is 0. The highest BCUT2D eigenvalue weighted by molar-refractivity contribution is 7.09. The fraction of sp³-hybridized carbons (Fsp3) is 0.769. The Kier molecular flexibility index (Phi) is 4.54. The number of aromatic nitrogens is 1. The first-order valence-corrected chi connectivity index (χ1v) is 7.39. The summed E-state index contributed by atoms with van der Waals surface area (Å²) in [6, 6.07) is 0.696. The van der Waals surface area contributed by atoms with Gasteiger partial charge < -0.3 is 10.2 Å². The second-order valence-electron chi connectivity index (χ2n) is 5.23. The molecule has 1 fully saturated rings. The number of rotatable bonds is 5. The molecular weight excluding hydrogens is 230 g/mol. The van der Waals surface area contributed by atoms with Crippen molar-refractivity contribution in [1.29, 1.82) is 0 Å². The van der Waals surface area contributed by atoms with Gasteiger partial charge in [0.25, 0.3) is 0 Å². The maximum absolute atomic E-state index is 4.46. The lowest BCUT2D eigenvalue weighted by molar-refractivity contribution is 0.264. The van der Waals surface area contributed by atoms with E-state index in [9.17, 15) is 0 Å². The molecule has 0 spiro atoms. The van der Waals surface area contributed by atoms with E-state index in [1.807, 2.05) is 0 Å². The Morgan fingerprint density at radius 2 is 2.41 bits per heavy atom. The van der Waals surface area contributed by atoms with Crippen molar-refractivity contribution in [3.05, 3.63) is 16.1 Å². The fourth-order valence-corrected chi connectivity index (χ4v) is 3.00. The molecule has 3 nitrogen and oxygen atoms in total. The highest BCUT2D eigenvalue weighted by atomic mass is 32.1. The van der Waals surface area contributed by atoms with Gasteiger partial charge in [-0.25, -0.2) is 4.98 Å². The van der Waals surface area contributed by atoms with Crippen LogP contribution in [0.5, 0.6) is 0 Å². The summed E-state index contributed by atoms with van der Waals surface area (Å²) in [4.78, 5) is 7.03. The van der Waals surface area contributed by atoms with Crippen molar-refractivity contribution < 1.29 is 0 Å². The average molecular weight is 253 g/mol. The zero-order chi connectivity index (χ0) is 12.3. The quantitative estimate of drug-likeness (QED) is 0.872. The molecule has 1 aliphatic heterocycles. The van der Waals surface area contributed by atoms with Gasteiger partial charge in [0.05, 0.1) is 10.7 Å². The van der Waals surface area contributed by atoms with Gasteiger partial charge in [-0.2, -0.15) is 0 Å². The summed E-state index contributed by atoms with van der Waals surface area (Å²) >= 11 is 1.73. The van der Waals surface area contributed by atoms with Crippen LogP contribution < -0.4 is 5.32 Å². The number of hydrogen-bond donors (Lipinski definition) is 1. The van der Waals surface area contributed by atoms with Crippen molar-refractivity contribution in [2.45, 2.75) is 39.8 Å². The smallest absolute Gasteiger partial charge is 0.0897 e. The highest BCUT2D eigenvalue weighted by Crippen LogP contribution is 2.17. The zero-order valence-corrected chi connectivity index (χ0v) is 11.9. The minimum absolute atomic E-state index is 0.696. The first kappa shape index (κ1) is 13.0. The number of thiazole rings is 1. The fourth-order valence-electron chi connectivity index (χ4n) is 2.39. The molecule has 4 heteroatoms. The van der Waals surface area contributed by atoms with Crippen LogP contribution in [-0.4, -0.2) is 35.6 Å². The van der Waals surface area contributed by atoms with Crippen molar-refractivity contribution in [2.75, 3.05) is 19.6 Å². The normalized spacial score (nSPS) is 21.5. The van der Waals surface area contributed by atoms with Crippen molar-refractivity contribution in [3.63, 3.8) is 0 Å². The summed E-state index contributed by atoms with van der Waals surface area (Å²) in [6.45, 7) is 11.2. The summed E-state index contributed by atoms with van der Waals surface area (Å²) in [6.07, 6.45) is 1.33. The summed E-state index contributed by atoms with van der Waals surface area (Å²) in [5.74, 6) is 0.817. The van der Waals surface area contributed by atoms with E-state index < -0.39 is 0 Å². The molecule has 17 heavy (non-hydrogen) atoms. The molecule has 0 aromatic carbocycles. The van der Waals surface area contributed by atoms with Gasteiger partial charge in [0.1, 0.15) is 0 Å². The topological polar surface area (TPSA) is 28.2 Å². The van der Waals surface area contributed by atoms with Crippen molar-refractivity contribution in [3.8, 4) is 0 Å². The molecule has 1 aliphatic rings. The molecule has 2 rings (SSSR count). The van der Waals surface area contributed by atoms with Gasteiger partial charge in [0, 0.05) is 24.5 Å². The predicted molar refractivity (Wildman–Crippen MR) is 73.4 cm³/mol. The van der Waals surface area contributed by atoms with Crippen LogP contribution >= 0.6 is 11.3 Å². The molecule has 96 valence electrons. The first-order valence-electron chi connectivity index (χ1n) is 6.51.